The molecular formula is C13H14ClF3N4O. The Balaban J connectivity index is 0.00000242. The smallest absolute Gasteiger partial charge is 0.351 e. The van der Waals surface area contributed by atoms with Crippen molar-refractivity contribution in [1.82, 2.24) is 15.1 Å². The van der Waals surface area contributed by atoms with Gasteiger partial charge in [0, 0.05) is 19.3 Å². The molecule has 0 radical (unpaired) electrons. The van der Waals surface area contributed by atoms with E-state index >= 15 is 0 Å². The van der Waals surface area contributed by atoms with E-state index < -0.39 is 23.3 Å². The summed E-state index contributed by atoms with van der Waals surface area (Å²) in [4.78, 5) is 11.8. The first-order chi connectivity index (χ1) is 9.93. The van der Waals surface area contributed by atoms with Gasteiger partial charge in [-0.2, -0.15) is 18.3 Å². The highest BCUT2D eigenvalue weighted by molar-refractivity contribution is 5.95. The lowest BCUT2D eigenvalue weighted by atomic mass is 10.2. The third-order valence-electron chi connectivity index (χ3n) is 2.68. The Morgan fingerprint density at radius 2 is 1.91 bits per heavy atom. The monoisotopic (exact) mass is 334 g/mol. The fraction of sp³-hybridized carbons (Fsp3) is 0.231. The minimum absolute atomic E-state index is 0. The first-order valence-electron chi connectivity index (χ1n) is 6.14. The molecule has 0 unspecified atom stereocenters. The van der Waals surface area contributed by atoms with E-state index in [1.807, 2.05) is 0 Å². The van der Waals surface area contributed by atoms with Gasteiger partial charge in [0.1, 0.15) is 0 Å². The molecule has 3 N–H and O–H groups in total. The fourth-order valence-corrected chi connectivity index (χ4v) is 1.74. The zero-order valence-electron chi connectivity index (χ0n) is 11.3. The lowest BCUT2D eigenvalue weighted by Gasteiger charge is -2.06. The molecule has 120 valence electrons. The van der Waals surface area contributed by atoms with Crippen molar-refractivity contribution in [1.29, 1.82) is 0 Å². The topological polar surface area (TPSA) is 72.9 Å². The Hall–Kier alpha value is -2.06. The number of benzene rings is 1. The number of hydrogen-bond acceptors (Lipinski definition) is 3. The molecule has 0 aliphatic heterocycles. The summed E-state index contributed by atoms with van der Waals surface area (Å²) < 4.78 is 40.0. The Labute approximate surface area is 130 Å². The van der Waals surface area contributed by atoms with Crippen LogP contribution < -0.4 is 11.1 Å². The highest BCUT2D eigenvalue weighted by atomic mass is 35.5. The molecule has 0 saturated heterocycles. The van der Waals surface area contributed by atoms with Gasteiger partial charge in [-0.15, -0.1) is 12.4 Å². The summed E-state index contributed by atoms with van der Waals surface area (Å²) in [6, 6.07) is 8.24. The number of aromatic nitrogens is 2. The van der Waals surface area contributed by atoms with Gasteiger partial charge in [0.25, 0.3) is 5.91 Å². The van der Waals surface area contributed by atoms with Gasteiger partial charge in [-0.05, 0) is 12.1 Å². The molecule has 22 heavy (non-hydrogen) atoms. The maximum Gasteiger partial charge on any atom is 0.435 e. The number of halogens is 4. The third kappa shape index (κ3) is 3.99. The van der Waals surface area contributed by atoms with Crippen molar-refractivity contribution in [3.8, 4) is 5.69 Å². The molecule has 1 heterocycles. The molecule has 1 aromatic carbocycles. The zero-order chi connectivity index (χ0) is 15.5. The summed E-state index contributed by atoms with van der Waals surface area (Å²) in [5, 5.41) is 5.79. The second kappa shape index (κ2) is 7.28. The maximum absolute atomic E-state index is 13.0. The maximum atomic E-state index is 13.0. The normalized spacial score (nSPS) is 10.9. The van der Waals surface area contributed by atoms with E-state index in [1.165, 1.54) is 0 Å². The largest absolute Gasteiger partial charge is 0.435 e. The molecule has 1 aromatic heterocycles. The van der Waals surface area contributed by atoms with Crippen LogP contribution in [0.1, 0.15) is 16.1 Å². The van der Waals surface area contributed by atoms with Gasteiger partial charge >= 0.3 is 6.18 Å². The van der Waals surface area contributed by atoms with Gasteiger partial charge in [-0.25, -0.2) is 4.68 Å². The molecule has 2 rings (SSSR count). The zero-order valence-corrected chi connectivity index (χ0v) is 12.1. The SMILES string of the molecule is Cl.NCCNC(=O)c1cn(-c2ccccc2)nc1C(F)(F)F. The Morgan fingerprint density at radius 3 is 2.45 bits per heavy atom. The Kier molecular flexibility index (Phi) is 5.95. The number of carbonyl (C=O) groups is 1. The molecule has 0 spiro atoms. The van der Waals surface area contributed by atoms with Crippen LogP contribution in [-0.4, -0.2) is 28.8 Å². The molecule has 0 fully saturated rings. The first-order valence-corrected chi connectivity index (χ1v) is 6.14. The number of alkyl halides is 3. The average Bonchev–Trinajstić information content (AvgIpc) is 2.91. The van der Waals surface area contributed by atoms with Crippen LogP contribution in [-0.2, 0) is 6.18 Å². The van der Waals surface area contributed by atoms with Crippen LogP contribution in [0.2, 0.25) is 0 Å². The van der Waals surface area contributed by atoms with E-state index in [0.29, 0.717) is 5.69 Å². The van der Waals surface area contributed by atoms with Gasteiger partial charge in [-0.3, -0.25) is 4.79 Å². The number of rotatable bonds is 4. The van der Waals surface area contributed by atoms with Crippen molar-refractivity contribution < 1.29 is 18.0 Å². The molecule has 0 aliphatic carbocycles. The van der Waals surface area contributed by atoms with Crippen LogP contribution in [0.25, 0.3) is 5.69 Å². The highest BCUT2D eigenvalue weighted by Crippen LogP contribution is 2.31. The van der Waals surface area contributed by atoms with Gasteiger partial charge in [-0.1, -0.05) is 18.2 Å². The molecule has 0 saturated carbocycles. The summed E-state index contributed by atoms with van der Waals surface area (Å²) in [5.74, 6) is -0.852. The summed E-state index contributed by atoms with van der Waals surface area (Å²) in [6.07, 6.45) is -3.65. The van der Waals surface area contributed by atoms with Crippen molar-refractivity contribution >= 4 is 18.3 Å². The number of nitrogens with two attached hydrogens (primary N) is 1. The van der Waals surface area contributed by atoms with Gasteiger partial charge < -0.3 is 11.1 Å². The highest BCUT2D eigenvalue weighted by Gasteiger charge is 2.39. The van der Waals surface area contributed by atoms with Crippen molar-refractivity contribution in [2.24, 2.45) is 5.73 Å². The van der Waals surface area contributed by atoms with E-state index in [0.717, 1.165) is 10.9 Å². The van der Waals surface area contributed by atoms with Crippen molar-refractivity contribution in [3.05, 3.63) is 47.8 Å². The molecule has 1 amide bonds. The van der Waals surface area contributed by atoms with E-state index in [4.69, 9.17) is 5.73 Å². The summed E-state index contributed by atoms with van der Waals surface area (Å²) in [6.45, 7) is 0.229. The van der Waals surface area contributed by atoms with E-state index in [2.05, 4.69) is 10.4 Å². The van der Waals surface area contributed by atoms with E-state index in [1.54, 1.807) is 30.3 Å². The number of para-hydroxylation sites is 1. The van der Waals surface area contributed by atoms with Crippen LogP contribution in [0.5, 0.6) is 0 Å². The molecule has 2 aromatic rings. The van der Waals surface area contributed by atoms with Crippen LogP contribution in [0.3, 0.4) is 0 Å². The van der Waals surface area contributed by atoms with Crippen LogP contribution in [0.15, 0.2) is 36.5 Å². The second-order valence-electron chi connectivity index (χ2n) is 4.21. The van der Waals surface area contributed by atoms with Crippen molar-refractivity contribution in [3.63, 3.8) is 0 Å². The summed E-state index contributed by atoms with van der Waals surface area (Å²) >= 11 is 0. The van der Waals surface area contributed by atoms with Gasteiger partial charge in [0.15, 0.2) is 5.69 Å². The number of nitrogens with one attached hydrogen (secondary N) is 1. The number of carbonyl (C=O) groups excluding carboxylic acids is 1. The molecule has 9 heteroatoms. The van der Waals surface area contributed by atoms with Crippen LogP contribution in [0, 0.1) is 0 Å². The Morgan fingerprint density at radius 1 is 1.27 bits per heavy atom. The van der Waals surface area contributed by atoms with Gasteiger partial charge in [0.05, 0.1) is 11.3 Å². The number of hydrogen-bond donors (Lipinski definition) is 2. The van der Waals surface area contributed by atoms with Crippen molar-refractivity contribution in [2.75, 3.05) is 13.1 Å². The predicted molar refractivity (Wildman–Crippen MR) is 77.2 cm³/mol. The Bertz CT molecular complexity index is 628. The molecular weight excluding hydrogens is 321 g/mol. The quantitative estimate of drug-likeness (QED) is 0.898. The molecule has 0 aliphatic rings. The molecule has 5 nitrogen and oxygen atoms in total. The fourth-order valence-electron chi connectivity index (χ4n) is 1.74. The van der Waals surface area contributed by atoms with E-state index in [-0.39, 0.29) is 25.5 Å². The molecule has 0 bridgehead atoms. The predicted octanol–water partition coefficient (Wildman–Crippen LogP) is 2.00. The number of amides is 1. The van der Waals surface area contributed by atoms with Crippen LogP contribution >= 0.6 is 12.4 Å². The van der Waals surface area contributed by atoms with Crippen molar-refractivity contribution in [2.45, 2.75) is 6.18 Å². The van der Waals surface area contributed by atoms with E-state index in [9.17, 15) is 18.0 Å². The third-order valence-corrected chi connectivity index (χ3v) is 2.68. The minimum atomic E-state index is -4.71. The lowest BCUT2D eigenvalue weighted by Crippen LogP contribution is -2.30. The second-order valence-corrected chi connectivity index (χ2v) is 4.21. The summed E-state index contributed by atoms with van der Waals surface area (Å²) in [5.41, 5.74) is 3.90. The minimum Gasteiger partial charge on any atom is -0.351 e. The lowest BCUT2D eigenvalue weighted by molar-refractivity contribution is -0.141. The first kappa shape index (κ1) is 18.0. The standard InChI is InChI=1S/C13H13F3N4O.ClH/c14-13(15,16)11-10(12(21)18-7-6-17)8-20(19-11)9-4-2-1-3-5-9;/h1-5,8H,6-7,17H2,(H,18,21);1H. The molecule has 0 atom stereocenters. The summed E-state index contributed by atoms with van der Waals surface area (Å²) in [7, 11) is 0. The van der Waals surface area contributed by atoms with Gasteiger partial charge in [0.2, 0.25) is 0 Å². The number of nitrogens with zero attached hydrogens (tertiary/aromatic N) is 2. The average molecular weight is 335 g/mol. The van der Waals surface area contributed by atoms with Crippen LogP contribution in [0.4, 0.5) is 13.2 Å².